The summed E-state index contributed by atoms with van der Waals surface area (Å²) in [5.41, 5.74) is 6.34. The first-order chi connectivity index (χ1) is 11.7. The van der Waals surface area contributed by atoms with E-state index in [9.17, 15) is 0 Å². The van der Waals surface area contributed by atoms with Crippen molar-refractivity contribution in [2.24, 2.45) is 7.05 Å². The van der Waals surface area contributed by atoms with Gasteiger partial charge in [-0.3, -0.25) is 0 Å². The van der Waals surface area contributed by atoms with Gasteiger partial charge in [0.25, 0.3) is 0 Å². The largest absolute Gasteiger partial charge is 0.381 e. The third-order valence-corrected chi connectivity index (χ3v) is 4.77. The smallest absolute Gasteiger partial charge is 0.240 e. The van der Waals surface area contributed by atoms with Gasteiger partial charge in [0.15, 0.2) is 17.4 Å². The molecule has 0 N–H and O–H groups in total. The van der Waals surface area contributed by atoms with E-state index in [0.717, 1.165) is 22.4 Å². The molecule has 5 aromatic rings. The fourth-order valence-electron chi connectivity index (χ4n) is 3.55. The van der Waals surface area contributed by atoms with E-state index in [4.69, 9.17) is 9.51 Å². The van der Waals surface area contributed by atoms with Crippen LogP contribution >= 0.6 is 0 Å². The highest BCUT2D eigenvalue weighted by Gasteiger charge is 2.22. The predicted octanol–water partition coefficient (Wildman–Crippen LogP) is 4.03. The fraction of sp³-hybridized carbons (Fsp3) is 0.100. The van der Waals surface area contributed by atoms with Crippen LogP contribution in [0.3, 0.4) is 0 Å². The number of aromatic nitrogens is 3. The standard InChI is InChI=1S/C20H16N3O/c1-13-15-6-4-3-5-14(15)7-8-16(13)20-19-17(9-11-22(20)2)23-18(21-19)10-12-24-23/h3-12H,1-2H3/q+1. The average Bonchev–Trinajstić information content (AvgIpc) is 3.17. The highest BCUT2D eigenvalue weighted by Crippen LogP contribution is 2.32. The molecule has 4 heteroatoms. The Labute approximate surface area is 138 Å². The van der Waals surface area contributed by atoms with Gasteiger partial charge in [-0.2, -0.15) is 9.14 Å². The molecule has 116 valence electrons. The molecule has 5 rings (SSSR count). The fourth-order valence-corrected chi connectivity index (χ4v) is 3.55. The summed E-state index contributed by atoms with van der Waals surface area (Å²) in [5.74, 6) is 0. The number of aryl methyl sites for hydroxylation is 2. The zero-order valence-electron chi connectivity index (χ0n) is 13.5. The molecule has 0 spiro atoms. The molecule has 0 bridgehead atoms. The van der Waals surface area contributed by atoms with E-state index in [2.05, 4.69) is 61.1 Å². The Balaban J connectivity index is 1.92. The lowest BCUT2D eigenvalue weighted by Gasteiger charge is -2.08. The molecule has 0 aliphatic rings. The summed E-state index contributed by atoms with van der Waals surface area (Å²) in [5, 5.41) is 2.53. The molecule has 0 aliphatic heterocycles. The number of benzene rings is 2. The number of rotatable bonds is 1. The first-order valence-corrected chi connectivity index (χ1v) is 7.97. The van der Waals surface area contributed by atoms with Crippen molar-refractivity contribution in [2.45, 2.75) is 6.92 Å². The van der Waals surface area contributed by atoms with Crippen molar-refractivity contribution in [3.8, 4) is 11.3 Å². The summed E-state index contributed by atoms with van der Waals surface area (Å²) in [6, 6.07) is 16.8. The Morgan fingerprint density at radius 1 is 1.04 bits per heavy atom. The van der Waals surface area contributed by atoms with Crippen LogP contribution in [0.5, 0.6) is 0 Å². The van der Waals surface area contributed by atoms with Crippen LogP contribution in [0.1, 0.15) is 5.56 Å². The second-order valence-electron chi connectivity index (χ2n) is 6.14. The van der Waals surface area contributed by atoms with Crippen molar-refractivity contribution in [2.75, 3.05) is 0 Å². The summed E-state index contributed by atoms with van der Waals surface area (Å²) in [6.45, 7) is 2.18. The van der Waals surface area contributed by atoms with Gasteiger partial charge in [0, 0.05) is 12.1 Å². The van der Waals surface area contributed by atoms with Gasteiger partial charge in [-0.05, 0) is 29.3 Å². The molecule has 0 saturated heterocycles. The number of pyridine rings is 1. The second-order valence-corrected chi connectivity index (χ2v) is 6.14. The van der Waals surface area contributed by atoms with Crippen molar-refractivity contribution in [1.82, 2.24) is 9.56 Å². The van der Waals surface area contributed by atoms with Gasteiger partial charge in [0.05, 0.1) is 5.56 Å². The number of hydrogen-bond donors (Lipinski definition) is 0. The number of imidazole rings is 1. The van der Waals surface area contributed by atoms with Gasteiger partial charge in [-0.1, -0.05) is 30.3 Å². The Kier molecular flexibility index (Phi) is 2.59. The molecular weight excluding hydrogens is 298 g/mol. The number of hydrogen-bond acceptors (Lipinski definition) is 2. The number of nitrogens with zero attached hydrogens (tertiary/aromatic N) is 3. The van der Waals surface area contributed by atoms with Gasteiger partial charge in [0.1, 0.15) is 18.8 Å². The minimum atomic E-state index is 0.830. The topological polar surface area (TPSA) is 34.3 Å². The van der Waals surface area contributed by atoms with Gasteiger partial charge in [-0.25, -0.2) is 4.98 Å². The van der Waals surface area contributed by atoms with Crippen molar-refractivity contribution in [1.29, 1.82) is 0 Å². The van der Waals surface area contributed by atoms with Crippen LogP contribution in [0.15, 0.2) is 65.5 Å². The zero-order valence-corrected chi connectivity index (χ0v) is 13.5. The lowest BCUT2D eigenvalue weighted by atomic mass is 9.97. The Hall–Kier alpha value is -3.14. The summed E-state index contributed by atoms with van der Waals surface area (Å²) in [7, 11) is 2.06. The van der Waals surface area contributed by atoms with E-state index in [1.807, 2.05) is 12.1 Å². The highest BCUT2D eigenvalue weighted by atomic mass is 16.5. The molecule has 0 radical (unpaired) electrons. The Morgan fingerprint density at radius 3 is 2.83 bits per heavy atom. The highest BCUT2D eigenvalue weighted by molar-refractivity contribution is 5.96. The molecule has 2 aromatic carbocycles. The van der Waals surface area contributed by atoms with Crippen LogP contribution in [-0.2, 0) is 7.05 Å². The van der Waals surface area contributed by atoms with E-state index in [0.29, 0.717) is 0 Å². The Morgan fingerprint density at radius 2 is 1.92 bits per heavy atom. The van der Waals surface area contributed by atoms with Crippen molar-refractivity contribution >= 4 is 27.5 Å². The van der Waals surface area contributed by atoms with Crippen LogP contribution in [0.2, 0.25) is 0 Å². The van der Waals surface area contributed by atoms with E-state index in [1.165, 1.54) is 21.9 Å². The first-order valence-electron chi connectivity index (χ1n) is 7.97. The van der Waals surface area contributed by atoms with E-state index in [1.54, 1.807) is 10.8 Å². The van der Waals surface area contributed by atoms with Crippen LogP contribution in [0.4, 0.5) is 0 Å². The lowest BCUT2D eigenvalue weighted by molar-refractivity contribution is -0.659. The quantitative estimate of drug-likeness (QED) is 0.438. The summed E-state index contributed by atoms with van der Waals surface area (Å²) < 4.78 is 9.45. The molecule has 4 nitrogen and oxygen atoms in total. The van der Waals surface area contributed by atoms with Crippen LogP contribution < -0.4 is 4.57 Å². The number of fused-ring (bicyclic) bond motifs is 4. The maximum Gasteiger partial charge on any atom is 0.240 e. The van der Waals surface area contributed by atoms with E-state index in [-0.39, 0.29) is 0 Å². The molecule has 0 amide bonds. The zero-order chi connectivity index (χ0) is 16.3. The van der Waals surface area contributed by atoms with Crippen molar-refractivity contribution < 1.29 is 9.09 Å². The minimum absolute atomic E-state index is 0.830. The maximum absolute atomic E-state index is 5.55. The maximum atomic E-state index is 5.55. The second kappa shape index (κ2) is 4.68. The lowest BCUT2D eigenvalue weighted by Crippen LogP contribution is -2.30. The molecule has 0 atom stereocenters. The third-order valence-electron chi connectivity index (χ3n) is 4.77. The van der Waals surface area contributed by atoms with Crippen molar-refractivity contribution in [3.63, 3.8) is 0 Å². The van der Waals surface area contributed by atoms with E-state index < -0.39 is 0 Å². The Bertz CT molecular complexity index is 1230. The van der Waals surface area contributed by atoms with Gasteiger partial charge in [-0.15, -0.1) is 0 Å². The summed E-state index contributed by atoms with van der Waals surface area (Å²) in [6.07, 6.45) is 3.72. The first kappa shape index (κ1) is 13.3. The van der Waals surface area contributed by atoms with Gasteiger partial charge >= 0.3 is 0 Å². The average molecular weight is 314 g/mol. The normalized spacial score (nSPS) is 11.8. The molecule has 3 aromatic heterocycles. The molecule has 0 unspecified atom stereocenters. The SMILES string of the molecule is Cc1c(-c2c3nc4ccon4c3cc[n+]2C)ccc2ccccc12. The molecule has 24 heavy (non-hydrogen) atoms. The minimum Gasteiger partial charge on any atom is -0.381 e. The molecule has 3 heterocycles. The third kappa shape index (κ3) is 1.68. The van der Waals surface area contributed by atoms with E-state index >= 15 is 0 Å². The van der Waals surface area contributed by atoms with Gasteiger partial charge < -0.3 is 4.52 Å². The summed E-state index contributed by atoms with van der Waals surface area (Å²) >= 11 is 0. The molecule has 0 aliphatic carbocycles. The van der Waals surface area contributed by atoms with Gasteiger partial charge in [0.2, 0.25) is 5.69 Å². The molecule has 0 fully saturated rings. The summed E-state index contributed by atoms with van der Waals surface area (Å²) in [4.78, 5) is 4.78. The van der Waals surface area contributed by atoms with Crippen LogP contribution in [0, 0.1) is 6.92 Å². The predicted molar refractivity (Wildman–Crippen MR) is 93.8 cm³/mol. The van der Waals surface area contributed by atoms with Crippen molar-refractivity contribution in [3.05, 3.63) is 66.6 Å². The molecule has 0 saturated carbocycles. The van der Waals surface area contributed by atoms with Crippen LogP contribution in [0.25, 0.3) is 38.7 Å². The monoisotopic (exact) mass is 314 g/mol. The molecular formula is C20H16N3O+. The van der Waals surface area contributed by atoms with Crippen LogP contribution in [-0.4, -0.2) is 9.56 Å².